The minimum atomic E-state index is -2.58. The fourth-order valence-corrected chi connectivity index (χ4v) is 4.06. The number of amides is 2. The summed E-state index contributed by atoms with van der Waals surface area (Å²) < 4.78 is 42.2. The summed E-state index contributed by atoms with van der Waals surface area (Å²) in [6.07, 6.45) is 3.71. The van der Waals surface area contributed by atoms with Crippen LogP contribution in [0, 0.1) is 5.92 Å². The smallest absolute Gasteiger partial charge is 0.320 e. The van der Waals surface area contributed by atoms with Gasteiger partial charge in [0.15, 0.2) is 5.82 Å². The van der Waals surface area contributed by atoms with Gasteiger partial charge in [-0.15, -0.1) is 0 Å². The Morgan fingerprint density at radius 2 is 2.00 bits per heavy atom. The van der Waals surface area contributed by atoms with E-state index in [1.807, 2.05) is 37.3 Å². The van der Waals surface area contributed by atoms with Crippen molar-refractivity contribution in [2.45, 2.75) is 37.8 Å². The van der Waals surface area contributed by atoms with Crippen LogP contribution < -0.4 is 25.0 Å². The third kappa shape index (κ3) is 5.84. The van der Waals surface area contributed by atoms with Crippen LogP contribution in [0.1, 0.15) is 31.4 Å². The van der Waals surface area contributed by atoms with Crippen molar-refractivity contribution in [2.24, 2.45) is 5.92 Å². The third-order valence-corrected chi connectivity index (χ3v) is 6.31. The summed E-state index contributed by atoms with van der Waals surface area (Å²) in [5.41, 5.74) is 0.933. The van der Waals surface area contributed by atoms with Gasteiger partial charge in [-0.05, 0) is 36.8 Å². The summed E-state index contributed by atoms with van der Waals surface area (Å²) in [4.78, 5) is 18.6. The lowest BCUT2D eigenvalue weighted by atomic mass is 10.1. The van der Waals surface area contributed by atoms with E-state index in [1.54, 1.807) is 18.3 Å². The van der Waals surface area contributed by atoms with Gasteiger partial charge in [-0.3, -0.25) is 5.32 Å². The minimum Gasteiger partial charge on any atom is -0.491 e. The van der Waals surface area contributed by atoms with Crippen molar-refractivity contribution < 1.29 is 27.6 Å². The topological polar surface area (TPSA) is 102 Å². The molecule has 9 nitrogen and oxygen atoms in total. The van der Waals surface area contributed by atoms with Crippen LogP contribution in [-0.2, 0) is 0 Å². The molecule has 11 heteroatoms. The second-order valence-corrected chi connectivity index (χ2v) is 9.07. The number of ether oxygens (including phenoxy) is 2. The Morgan fingerprint density at radius 3 is 2.67 bits per heavy atom. The van der Waals surface area contributed by atoms with Crippen LogP contribution in [0.25, 0.3) is 0 Å². The highest BCUT2D eigenvalue weighted by Crippen LogP contribution is 2.48. The maximum atomic E-state index is 13.0. The van der Waals surface area contributed by atoms with Crippen molar-refractivity contribution in [2.75, 3.05) is 29.9 Å². The zero-order valence-corrected chi connectivity index (χ0v) is 19.7. The van der Waals surface area contributed by atoms with Gasteiger partial charge in [0.1, 0.15) is 29.7 Å². The van der Waals surface area contributed by atoms with Crippen molar-refractivity contribution in [3.05, 3.63) is 60.5 Å². The lowest BCUT2D eigenvalue weighted by Gasteiger charge is -2.19. The first kappa shape index (κ1) is 23.8. The number of pyridine rings is 1. The van der Waals surface area contributed by atoms with Crippen LogP contribution in [0.4, 0.5) is 25.2 Å². The Kier molecular flexibility index (Phi) is 6.62. The summed E-state index contributed by atoms with van der Waals surface area (Å²) in [7, 11) is 0. The maximum Gasteiger partial charge on any atom is 0.320 e. The molecule has 5 rings (SSSR count). The Morgan fingerprint density at radius 1 is 1.22 bits per heavy atom. The molecule has 0 spiro atoms. The largest absolute Gasteiger partial charge is 0.491 e. The quantitative estimate of drug-likeness (QED) is 0.442. The molecule has 1 saturated heterocycles. The van der Waals surface area contributed by atoms with E-state index in [9.17, 15) is 13.6 Å². The number of urea groups is 1. The molecule has 3 heterocycles. The fourth-order valence-electron chi connectivity index (χ4n) is 4.06. The average molecular weight is 500 g/mol. The summed E-state index contributed by atoms with van der Waals surface area (Å²) >= 11 is 0. The molecule has 2 N–H and O–H groups in total. The van der Waals surface area contributed by atoms with E-state index in [2.05, 4.69) is 25.7 Å². The van der Waals surface area contributed by atoms with Crippen LogP contribution >= 0.6 is 0 Å². The van der Waals surface area contributed by atoms with Crippen LogP contribution in [0.15, 0.2) is 59.4 Å². The van der Waals surface area contributed by atoms with E-state index in [4.69, 9.17) is 14.0 Å². The molecule has 1 aliphatic carbocycles. The van der Waals surface area contributed by atoms with Gasteiger partial charge in [0, 0.05) is 25.5 Å². The summed E-state index contributed by atoms with van der Waals surface area (Å²) in [6, 6.07) is 12.2. The number of benzene rings is 1. The molecule has 190 valence electrons. The molecule has 1 aromatic carbocycles. The van der Waals surface area contributed by atoms with Gasteiger partial charge in [0.05, 0.1) is 31.3 Å². The second kappa shape index (κ2) is 10.00. The molecular weight excluding hydrogens is 472 g/mol. The van der Waals surface area contributed by atoms with E-state index >= 15 is 0 Å². The van der Waals surface area contributed by atoms with Gasteiger partial charge >= 0.3 is 6.03 Å². The number of rotatable bonds is 9. The highest BCUT2D eigenvalue weighted by atomic mass is 19.3. The van der Waals surface area contributed by atoms with Crippen molar-refractivity contribution in [3.8, 4) is 11.5 Å². The molecule has 2 amide bonds. The molecule has 2 unspecified atom stereocenters. The van der Waals surface area contributed by atoms with Crippen LogP contribution in [0.2, 0.25) is 0 Å². The average Bonchev–Trinajstić information content (AvgIpc) is 3.25. The standard InChI is InChI=1S/C25H27F2N5O4/c1-16(29-24(33)30-22-9-11-35-31-22)17-2-4-19(5-3-17)36-21-8-10-32(14-21)23-7-6-20(13-28-23)34-15-18-12-25(18,26)27/h2-7,9,11,13,16,18,21H,8,10,12,14-15H2,1H3,(H2,29,30,31,33)/t16-,18?,21?/m0/s1. The monoisotopic (exact) mass is 499 g/mol. The molecule has 1 aliphatic heterocycles. The number of aromatic nitrogens is 2. The first-order valence-electron chi connectivity index (χ1n) is 11.8. The van der Waals surface area contributed by atoms with E-state index in [-0.39, 0.29) is 31.2 Å². The molecule has 0 radical (unpaired) electrons. The molecule has 3 aromatic rings. The van der Waals surface area contributed by atoms with Gasteiger partial charge < -0.3 is 24.2 Å². The van der Waals surface area contributed by atoms with E-state index in [1.165, 1.54) is 6.26 Å². The Balaban J connectivity index is 1.07. The van der Waals surface area contributed by atoms with Gasteiger partial charge in [-0.1, -0.05) is 17.3 Å². The SMILES string of the molecule is C[C@H](NC(=O)Nc1ccon1)c1ccc(OC2CCN(c3ccc(OCC4CC4(F)F)cn3)C2)cc1. The first-order valence-corrected chi connectivity index (χ1v) is 11.8. The Bertz CT molecular complexity index is 1160. The van der Waals surface area contributed by atoms with Crippen molar-refractivity contribution in [3.63, 3.8) is 0 Å². The van der Waals surface area contributed by atoms with E-state index in [0.717, 1.165) is 30.1 Å². The first-order chi connectivity index (χ1) is 17.4. The highest BCUT2D eigenvalue weighted by molar-refractivity contribution is 5.88. The maximum absolute atomic E-state index is 13.0. The molecular formula is C25H27F2N5O4. The molecule has 1 saturated carbocycles. The predicted molar refractivity (Wildman–Crippen MR) is 128 cm³/mol. The number of carbonyl (C=O) groups excluding carboxylic acids is 1. The number of nitrogens with one attached hydrogen (secondary N) is 2. The zero-order chi connectivity index (χ0) is 25.1. The molecule has 0 bridgehead atoms. The van der Waals surface area contributed by atoms with Crippen LogP contribution in [-0.4, -0.2) is 47.9 Å². The number of carbonyl (C=O) groups is 1. The van der Waals surface area contributed by atoms with Gasteiger partial charge in [0.25, 0.3) is 5.92 Å². The highest BCUT2D eigenvalue weighted by Gasteiger charge is 2.57. The lowest BCUT2D eigenvalue weighted by molar-refractivity contribution is 0.0855. The van der Waals surface area contributed by atoms with Crippen LogP contribution in [0.3, 0.4) is 0 Å². The molecule has 3 atom stereocenters. The molecule has 2 aliphatic rings. The lowest BCUT2D eigenvalue weighted by Crippen LogP contribution is -2.31. The number of hydrogen-bond acceptors (Lipinski definition) is 7. The Hall–Kier alpha value is -3.89. The second-order valence-electron chi connectivity index (χ2n) is 9.07. The van der Waals surface area contributed by atoms with Gasteiger partial charge in [-0.25, -0.2) is 18.6 Å². The molecule has 36 heavy (non-hydrogen) atoms. The number of alkyl halides is 2. The van der Waals surface area contributed by atoms with Crippen molar-refractivity contribution in [1.82, 2.24) is 15.5 Å². The van der Waals surface area contributed by atoms with Gasteiger partial charge in [-0.2, -0.15) is 0 Å². The number of hydrogen-bond donors (Lipinski definition) is 2. The third-order valence-electron chi connectivity index (χ3n) is 6.31. The number of nitrogens with zero attached hydrogens (tertiary/aromatic N) is 3. The van der Waals surface area contributed by atoms with E-state index < -0.39 is 11.8 Å². The van der Waals surface area contributed by atoms with Crippen LogP contribution in [0.5, 0.6) is 11.5 Å². The zero-order valence-electron chi connectivity index (χ0n) is 19.7. The Labute approximate surface area is 206 Å². The minimum absolute atomic E-state index is 0.00876. The van der Waals surface area contributed by atoms with Crippen molar-refractivity contribution in [1.29, 1.82) is 0 Å². The molecule has 2 aromatic heterocycles. The predicted octanol–water partition coefficient (Wildman–Crippen LogP) is 4.64. The summed E-state index contributed by atoms with van der Waals surface area (Å²) in [5.74, 6) is -0.889. The molecule has 2 fully saturated rings. The van der Waals surface area contributed by atoms with Crippen molar-refractivity contribution >= 4 is 17.7 Å². The van der Waals surface area contributed by atoms with Gasteiger partial charge in [0.2, 0.25) is 0 Å². The van der Waals surface area contributed by atoms with E-state index in [0.29, 0.717) is 18.1 Å². The number of halogens is 2. The number of anilines is 2. The summed E-state index contributed by atoms with van der Waals surface area (Å²) in [6.45, 7) is 3.38. The summed E-state index contributed by atoms with van der Waals surface area (Å²) in [5, 5.41) is 9.09. The fraction of sp³-hybridized carbons (Fsp3) is 0.400. The normalized spacial score (nSPS) is 21.0.